The number of carboxylic acids is 1. The Morgan fingerprint density at radius 1 is 1.20 bits per heavy atom. The molecule has 0 spiro atoms. The van der Waals surface area contributed by atoms with Gasteiger partial charge in [0.2, 0.25) is 0 Å². The number of benzene rings is 2. The smallest absolute Gasteiger partial charge is 0.307 e. The minimum Gasteiger partial charge on any atom is -0.481 e. The van der Waals surface area contributed by atoms with Crippen molar-refractivity contribution in [3.05, 3.63) is 58.6 Å². The summed E-state index contributed by atoms with van der Waals surface area (Å²) in [5.41, 5.74) is 3.02. The lowest BCUT2D eigenvalue weighted by molar-refractivity contribution is -0.136. The number of carbonyl (C=O) groups is 1. The molecule has 2 heterocycles. The number of piperidine rings is 1. The van der Waals surface area contributed by atoms with Gasteiger partial charge in [0.15, 0.2) is 5.13 Å². The lowest BCUT2D eigenvalue weighted by Gasteiger charge is -2.31. The number of anilines is 1. The topological polar surface area (TPSA) is 65.5 Å². The molecule has 0 aliphatic carbocycles. The van der Waals surface area contributed by atoms with Crippen LogP contribution in [0.25, 0.3) is 10.2 Å². The van der Waals surface area contributed by atoms with E-state index in [-0.39, 0.29) is 6.42 Å². The maximum Gasteiger partial charge on any atom is 0.307 e. The Kier molecular flexibility index (Phi) is 6.87. The van der Waals surface area contributed by atoms with Gasteiger partial charge in [0.05, 0.1) is 16.6 Å². The average molecular weight is 444 g/mol. The van der Waals surface area contributed by atoms with E-state index in [2.05, 4.69) is 10.2 Å². The van der Waals surface area contributed by atoms with Crippen molar-refractivity contribution in [2.24, 2.45) is 5.92 Å². The largest absolute Gasteiger partial charge is 0.481 e. The van der Waals surface area contributed by atoms with Gasteiger partial charge in [-0.05, 0) is 61.1 Å². The molecule has 30 heavy (non-hydrogen) atoms. The van der Waals surface area contributed by atoms with Crippen molar-refractivity contribution in [2.75, 3.05) is 24.5 Å². The number of thiazole rings is 1. The molecule has 1 aromatic heterocycles. The van der Waals surface area contributed by atoms with Crippen molar-refractivity contribution in [1.82, 2.24) is 10.3 Å². The molecule has 5 nitrogen and oxygen atoms in total. The maximum absolute atomic E-state index is 10.9. The van der Waals surface area contributed by atoms with Crippen LogP contribution in [0.2, 0.25) is 5.02 Å². The molecular formula is C23H26ClN3O2S. The molecular weight excluding hydrogens is 418 g/mol. The third-order valence-electron chi connectivity index (χ3n) is 5.63. The maximum atomic E-state index is 10.9. The van der Waals surface area contributed by atoms with Crippen LogP contribution in [0.3, 0.4) is 0 Å². The fourth-order valence-electron chi connectivity index (χ4n) is 4.00. The predicted molar refractivity (Wildman–Crippen MR) is 124 cm³/mol. The van der Waals surface area contributed by atoms with E-state index < -0.39 is 5.97 Å². The highest BCUT2D eigenvalue weighted by molar-refractivity contribution is 7.22. The van der Waals surface area contributed by atoms with E-state index in [1.54, 1.807) is 11.3 Å². The molecule has 3 aromatic rings. The SMILES string of the molecule is O=C(O)Cc1cccc(CNCCC2CCN(c3nc4ccc(Cl)cc4s3)CC2)c1. The summed E-state index contributed by atoms with van der Waals surface area (Å²) in [5.74, 6) is -0.0583. The first kappa shape index (κ1) is 21.1. The summed E-state index contributed by atoms with van der Waals surface area (Å²) in [5, 5.41) is 14.3. The van der Waals surface area contributed by atoms with Crippen LogP contribution in [-0.4, -0.2) is 35.7 Å². The number of nitrogens with one attached hydrogen (secondary N) is 1. The highest BCUT2D eigenvalue weighted by atomic mass is 35.5. The van der Waals surface area contributed by atoms with Crippen LogP contribution in [0.4, 0.5) is 5.13 Å². The Morgan fingerprint density at radius 3 is 2.80 bits per heavy atom. The molecule has 7 heteroatoms. The van der Waals surface area contributed by atoms with E-state index in [4.69, 9.17) is 21.7 Å². The number of hydrogen-bond acceptors (Lipinski definition) is 5. The molecule has 158 valence electrons. The van der Waals surface area contributed by atoms with Gasteiger partial charge in [0.1, 0.15) is 0 Å². The number of carboxylic acid groups (broad SMARTS) is 1. The third kappa shape index (κ3) is 5.50. The van der Waals surface area contributed by atoms with Crippen molar-refractivity contribution in [3.63, 3.8) is 0 Å². The van der Waals surface area contributed by atoms with E-state index in [1.807, 2.05) is 42.5 Å². The monoisotopic (exact) mass is 443 g/mol. The minimum absolute atomic E-state index is 0.0775. The lowest BCUT2D eigenvalue weighted by atomic mass is 9.94. The number of nitrogens with zero attached hydrogens (tertiary/aromatic N) is 2. The quantitative estimate of drug-likeness (QED) is 0.481. The highest BCUT2D eigenvalue weighted by Crippen LogP contribution is 2.33. The summed E-state index contributed by atoms with van der Waals surface area (Å²) in [6, 6.07) is 13.7. The van der Waals surface area contributed by atoms with Gasteiger partial charge in [-0.3, -0.25) is 4.79 Å². The molecule has 1 aliphatic rings. The summed E-state index contributed by atoms with van der Waals surface area (Å²) in [6.07, 6.45) is 3.62. The molecule has 0 bridgehead atoms. The van der Waals surface area contributed by atoms with Crippen LogP contribution in [-0.2, 0) is 17.8 Å². The molecule has 1 aliphatic heterocycles. The minimum atomic E-state index is -0.791. The first-order valence-corrected chi connectivity index (χ1v) is 11.6. The Hall–Kier alpha value is -2.15. The van der Waals surface area contributed by atoms with Crippen molar-refractivity contribution < 1.29 is 9.90 Å². The third-order valence-corrected chi connectivity index (χ3v) is 6.94. The average Bonchev–Trinajstić information content (AvgIpc) is 3.15. The molecule has 4 rings (SSSR count). The van der Waals surface area contributed by atoms with Crippen molar-refractivity contribution in [2.45, 2.75) is 32.2 Å². The van der Waals surface area contributed by atoms with E-state index in [0.717, 1.165) is 70.0 Å². The number of hydrogen-bond donors (Lipinski definition) is 2. The van der Waals surface area contributed by atoms with E-state index in [9.17, 15) is 4.79 Å². The van der Waals surface area contributed by atoms with Gasteiger partial charge in [-0.15, -0.1) is 0 Å². The zero-order chi connectivity index (χ0) is 20.9. The summed E-state index contributed by atoms with van der Waals surface area (Å²) < 4.78 is 1.15. The summed E-state index contributed by atoms with van der Waals surface area (Å²) >= 11 is 7.82. The van der Waals surface area contributed by atoms with Gasteiger partial charge in [-0.2, -0.15) is 0 Å². The standard InChI is InChI=1S/C23H26ClN3O2S/c24-19-4-5-20-21(14-19)30-23(26-20)27-10-7-16(8-11-27)6-9-25-15-18-3-1-2-17(12-18)13-22(28)29/h1-5,12,14,16,25H,6-11,13,15H2,(H,28,29). The molecule has 0 radical (unpaired) electrons. The van der Waals surface area contributed by atoms with Gasteiger partial charge in [0, 0.05) is 24.7 Å². The number of aromatic nitrogens is 1. The Labute approximate surface area is 185 Å². The van der Waals surface area contributed by atoms with Crippen LogP contribution >= 0.6 is 22.9 Å². The lowest BCUT2D eigenvalue weighted by Crippen LogP contribution is -2.34. The van der Waals surface area contributed by atoms with Gasteiger partial charge >= 0.3 is 5.97 Å². The second-order valence-corrected chi connectivity index (χ2v) is 9.34. The number of rotatable bonds is 8. The Balaban J connectivity index is 1.20. The fourth-order valence-corrected chi connectivity index (χ4v) is 5.29. The van der Waals surface area contributed by atoms with Crippen LogP contribution in [0.5, 0.6) is 0 Å². The van der Waals surface area contributed by atoms with Crippen LogP contribution in [0, 0.1) is 5.92 Å². The van der Waals surface area contributed by atoms with E-state index in [0.29, 0.717) is 0 Å². The molecule has 0 amide bonds. The van der Waals surface area contributed by atoms with Crippen molar-refractivity contribution >= 4 is 44.3 Å². The van der Waals surface area contributed by atoms with Crippen LogP contribution in [0.1, 0.15) is 30.4 Å². The van der Waals surface area contributed by atoms with Gasteiger partial charge in [-0.1, -0.05) is 47.2 Å². The molecule has 0 unspecified atom stereocenters. The molecule has 0 atom stereocenters. The molecule has 0 saturated carbocycles. The van der Waals surface area contributed by atoms with E-state index >= 15 is 0 Å². The first-order valence-electron chi connectivity index (χ1n) is 10.4. The molecule has 2 aromatic carbocycles. The number of halogens is 1. The highest BCUT2D eigenvalue weighted by Gasteiger charge is 2.21. The predicted octanol–water partition coefficient (Wildman–Crippen LogP) is 4.97. The van der Waals surface area contributed by atoms with Gasteiger partial charge in [0.25, 0.3) is 0 Å². The zero-order valence-corrected chi connectivity index (χ0v) is 18.4. The van der Waals surface area contributed by atoms with E-state index in [1.165, 1.54) is 12.8 Å². The fraction of sp³-hybridized carbons (Fsp3) is 0.391. The zero-order valence-electron chi connectivity index (χ0n) is 16.8. The van der Waals surface area contributed by atoms with Crippen molar-refractivity contribution in [1.29, 1.82) is 0 Å². The normalized spacial score (nSPS) is 15.0. The van der Waals surface area contributed by atoms with Gasteiger partial charge < -0.3 is 15.3 Å². The summed E-state index contributed by atoms with van der Waals surface area (Å²) in [6.45, 7) is 3.86. The summed E-state index contributed by atoms with van der Waals surface area (Å²) in [4.78, 5) is 18.0. The van der Waals surface area contributed by atoms with Crippen LogP contribution in [0.15, 0.2) is 42.5 Å². The first-order chi connectivity index (χ1) is 14.6. The van der Waals surface area contributed by atoms with Crippen LogP contribution < -0.4 is 10.2 Å². The van der Waals surface area contributed by atoms with Crippen molar-refractivity contribution in [3.8, 4) is 0 Å². The molecule has 1 saturated heterocycles. The number of aliphatic carboxylic acids is 1. The molecule has 2 N–H and O–H groups in total. The molecule has 1 fully saturated rings. The second kappa shape index (κ2) is 9.77. The second-order valence-electron chi connectivity index (χ2n) is 7.89. The van der Waals surface area contributed by atoms with Gasteiger partial charge in [-0.25, -0.2) is 4.98 Å². The Morgan fingerprint density at radius 2 is 2.00 bits per heavy atom. The Bertz CT molecular complexity index is 1010. The summed E-state index contributed by atoms with van der Waals surface area (Å²) in [7, 11) is 0. The number of fused-ring (bicyclic) bond motifs is 1.